The molecule has 0 saturated heterocycles. The van der Waals surface area contributed by atoms with Crippen molar-refractivity contribution in [1.29, 1.82) is 0 Å². The fourth-order valence-electron chi connectivity index (χ4n) is 0. The first kappa shape index (κ1) is 19.9. The molecule has 0 heterocycles. The SMILES string of the molecule is P.[CH][CH2-].[V]. The summed E-state index contributed by atoms with van der Waals surface area (Å²) in [6, 6.07) is 0. The largest absolute Gasteiger partial charge is 0.345 e. The van der Waals surface area contributed by atoms with Gasteiger partial charge in [0.1, 0.15) is 0 Å². The molecule has 0 spiro atoms. The molecule has 0 aromatic carbocycles. The third-order valence-electron chi connectivity index (χ3n) is 0. The van der Waals surface area contributed by atoms with E-state index < -0.39 is 0 Å². The molecule has 0 aliphatic carbocycles. The van der Waals surface area contributed by atoms with Crippen LogP contribution in [0.4, 0.5) is 0 Å². The van der Waals surface area contributed by atoms with E-state index in [2.05, 4.69) is 13.8 Å². The van der Waals surface area contributed by atoms with Crippen LogP contribution in [-0.4, -0.2) is 0 Å². The molecule has 0 N–H and O–H groups in total. The van der Waals surface area contributed by atoms with E-state index in [9.17, 15) is 0 Å². The van der Waals surface area contributed by atoms with E-state index >= 15 is 0 Å². The zero-order valence-electron chi connectivity index (χ0n) is 2.44. The third kappa shape index (κ3) is 11.9. The molecule has 25 valence electrons. The van der Waals surface area contributed by atoms with Crippen LogP contribution in [0.25, 0.3) is 0 Å². The summed E-state index contributed by atoms with van der Waals surface area (Å²) in [7, 11) is 0. The standard InChI is InChI=1S/C2H3.H3P.V/c1-2;;/h1H,2H2;1H3;/q-1;;. The van der Waals surface area contributed by atoms with Gasteiger partial charge in [-0.1, -0.05) is 0 Å². The second-order valence-electron chi connectivity index (χ2n) is 0. The summed E-state index contributed by atoms with van der Waals surface area (Å²) in [5.74, 6) is 0. The molecule has 0 aliphatic rings. The molecular formula is C2H6PV-. The van der Waals surface area contributed by atoms with Crippen LogP contribution < -0.4 is 0 Å². The van der Waals surface area contributed by atoms with Gasteiger partial charge in [0.2, 0.25) is 0 Å². The Labute approximate surface area is 42.9 Å². The van der Waals surface area contributed by atoms with E-state index in [4.69, 9.17) is 0 Å². The van der Waals surface area contributed by atoms with E-state index in [0.29, 0.717) is 0 Å². The van der Waals surface area contributed by atoms with Crippen molar-refractivity contribution < 1.29 is 18.6 Å². The van der Waals surface area contributed by atoms with Gasteiger partial charge in [-0.15, -0.1) is 0 Å². The number of hydrogen-bond acceptors (Lipinski definition) is 0. The van der Waals surface area contributed by atoms with Crippen LogP contribution >= 0.6 is 9.90 Å². The molecule has 0 amide bonds. The van der Waals surface area contributed by atoms with Crippen molar-refractivity contribution in [3.8, 4) is 0 Å². The molecule has 3 radical (unpaired) electrons. The second-order valence-corrected chi connectivity index (χ2v) is 0. The Morgan fingerprint density at radius 3 is 1.25 bits per heavy atom. The molecule has 0 aromatic heterocycles. The molecule has 0 rings (SSSR count). The third-order valence-corrected chi connectivity index (χ3v) is 0. The topological polar surface area (TPSA) is 0 Å². The van der Waals surface area contributed by atoms with Gasteiger partial charge in [0, 0.05) is 18.6 Å². The van der Waals surface area contributed by atoms with Gasteiger partial charge in [-0.2, -0.15) is 9.90 Å². The van der Waals surface area contributed by atoms with Crippen LogP contribution in [0.5, 0.6) is 0 Å². The quantitative estimate of drug-likeness (QED) is 0.317. The maximum atomic E-state index is 4.25. The molecule has 1 atom stereocenters. The minimum atomic E-state index is 0. The Balaban J connectivity index is -0.00000000500. The fourth-order valence-corrected chi connectivity index (χ4v) is 0. The monoisotopic (exact) mass is 112 g/mol. The summed E-state index contributed by atoms with van der Waals surface area (Å²) >= 11 is 0. The van der Waals surface area contributed by atoms with Crippen molar-refractivity contribution >= 4 is 9.90 Å². The van der Waals surface area contributed by atoms with Gasteiger partial charge in [-0.25, -0.2) is 6.92 Å². The van der Waals surface area contributed by atoms with Gasteiger partial charge in [0.05, 0.1) is 0 Å². The van der Waals surface area contributed by atoms with E-state index in [1.165, 1.54) is 0 Å². The van der Waals surface area contributed by atoms with E-state index in [1.807, 2.05) is 0 Å². The smallest absolute Gasteiger partial charge is 0 e. The Kier molecular flexibility index (Phi) is 176. The molecule has 0 bridgehead atoms. The minimum Gasteiger partial charge on any atom is -0.345 e. The van der Waals surface area contributed by atoms with Gasteiger partial charge in [-0.05, 0) is 0 Å². The zero-order chi connectivity index (χ0) is 2.00. The second kappa shape index (κ2) is 35.4. The van der Waals surface area contributed by atoms with Crippen molar-refractivity contribution in [3.05, 3.63) is 13.8 Å². The molecule has 0 aromatic rings. The van der Waals surface area contributed by atoms with E-state index in [0.717, 1.165) is 0 Å². The average molecular weight is 112 g/mol. The Morgan fingerprint density at radius 1 is 1.25 bits per heavy atom. The summed E-state index contributed by atoms with van der Waals surface area (Å²) in [6.07, 6.45) is 0. The summed E-state index contributed by atoms with van der Waals surface area (Å²) < 4.78 is 0. The van der Waals surface area contributed by atoms with Crippen LogP contribution in [-0.2, 0) is 18.6 Å². The molecule has 0 fully saturated rings. The molecule has 0 nitrogen and oxygen atoms in total. The summed E-state index contributed by atoms with van der Waals surface area (Å²) in [5, 5.41) is 0. The van der Waals surface area contributed by atoms with Crippen molar-refractivity contribution in [3.63, 3.8) is 0 Å². The van der Waals surface area contributed by atoms with Crippen molar-refractivity contribution in [1.82, 2.24) is 0 Å². The average Bonchev–Trinajstić information content (AvgIpc) is 1.00. The number of rotatable bonds is 0. The predicted octanol–water partition coefficient (Wildman–Crippen LogP) is 0.587. The van der Waals surface area contributed by atoms with Gasteiger partial charge in [0.25, 0.3) is 0 Å². The van der Waals surface area contributed by atoms with Crippen molar-refractivity contribution in [2.75, 3.05) is 0 Å². The maximum Gasteiger partial charge on any atom is 0 e. The van der Waals surface area contributed by atoms with E-state index in [1.54, 1.807) is 0 Å². The van der Waals surface area contributed by atoms with Gasteiger partial charge in [0.15, 0.2) is 0 Å². The van der Waals surface area contributed by atoms with Crippen LogP contribution in [0.15, 0.2) is 0 Å². The molecule has 2 heteroatoms. The maximum absolute atomic E-state index is 4.25. The Bertz CT molecular complexity index is 6.00. The predicted molar refractivity (Wildman–Crippen MR) is 20.8 cm³/mol. The fraction of sp³-hybridized carbons (Fsp3) is 0. The molecule has 1 unspecified atom stereocenters. The Morgan fingerprint density at radius 2 is 1.25 bits per heavy atom. The van der Waals surface area contributed by atoms with Gasteiger partial charge < -0.3 is 6.92 Å². The van der Waals surface area contributed by atoms with Crippen LogP contribution in [0.2, 0.25) is 0 Å². The van der Waals surface area contributed by atoms with E-state index in [-0.39, 0.29) is 28.5 Å². The number of hydrogen-bond donors (Lipinski definition) is 0. The normalized spacial score (nSPS) is 1.50. The van der Waals surface area contributed by atoms with Crippen LogP contribution in [0, 0.1) is 13.8 Å². The van der Waals surface area contributed by atoms with Crippen LogP contribution in [0.1, 0.15) is 0 Å². The minimum absolute atomic E-state index is 0. The Hall–Kier alpha value is 1.01. The van der Waals surface area contributed by atoms with Gasteiger partial charge in [-0.3, -0.25) is 0 Å². The molecular weight excluding hydrogens is 106 g/mol. The van der Waals surface area contributed by atoms with Crippen LogP contribution in [0.3, 0.4) is 0 Å². The first-order chi connectivity index (χ1) is 1.00. The van der Waals surface area contributed by atoms with Gasteiger partial charge >= 0.3 is 0 Å². The van der Waals surface area contributed by atoms with Crippen molar-refractivity contribution in [2.45, 2.75) is 0 Å². The zero-order valence-corrected chi connectivity index (χ0v) is 5.25. The molecule has 0 saturated carbocycles. The summed E-state index contributed by atoms with van der Waals surface area (Å²) in [5.41, 5.74) is 0. The molecule has 0 aliphatic heterocycles. The van der Waals surface area contributed by atoms with Crippen molar-refractivity contribution in [2.24, 2.45) is 0 Å². The first-order valence-electron chi connectivity index (χ1n) is 0.408. The first-order valence-corrected chi connectivity index (χ1v) is 0.408. The summed E-state index contributed by atoms with van der Waals surface area (Å²) in [4.78, 5) is 0. The summed E-state index contributed by atoms with van der Waals surface area (Å²) in [6.45, 7) is 7.00. The molecule has 4 heavy (non-hydrogen) atoms.